The molecule has 4 rings (SSSR count). The van der Waals surface area contributed by atoms with Crippen LogP contribution < -0.4 is 5.32 Å². The van der Waals surface area contributed by atoms with Crippen LogP contribution in [0.3, 0.4) is 0 Å². The maximum absolute atomic E-state index is 12.6. The summed E-state index contributed by atoms with van der Waals surface area (Å²) in [6.07, 6.45) is 2.03. The Morgan fingerprint density at radius 1 is 1.37 bits per heavy atom. The summed E-state index contributed by atoms with van der Waals surface area (Å²) in [5.41, 5.74) is 4.57. The van der Waals surface area contributed by atoms with E-state index in [4.69, 9.17) is 4.74 Å². The molecule has 0 radical (unpaired) electrons. The van der Waals surface area contributed by atoms with Gasteiger partial charge in [0.05, 0.1) is 36.3 Å². The molecule has 2 N–H and O–H groups in total. The quantitative estimate of drug-likeness (QED) is 0.726. The zero-order valence-corrected chi connectivity index (χ0v) is 15.3. The molecule has 1 aliphatic heterocycles. The second-order valence-corrected chi connectivity index (χ2v) is 6.86. The van der Waals surface area contributed by atoms with Crippen molar-refractivity contribution in [3.8, 4) is 0 Å². The number of rotatable bonds is 5. The van der Waals surface area contributed by atoms with E-state index in [0.717, 1.165) is 41.2 Å². The number of benzene rings is 1. The molecule has 0 bridgehead atoms. The summed E-state index contributed by atoms with van der Waals surface area (Å²) in [6.45, 7) is 4.75. The molecular weight excluding hydrogens is 342 g/mol. The van der Waals surface area contributed by atoms with Gasteiger partial charge in [0.2, 0.25) is 5.91 Å². The molecule has 2 aromatic heterocycles. The highest BCUT2D eigenvalue weighted by Crippen LogP contribution is 2.18. The Morgan fingerprint density at radius 3 is 3.19 bits per heavy atom. The van der Waals surface area contributed by atoms with Crippen molar-refractivity contribution in [1.29, 1.82) is 0 Å². The van der Waals surface area contributed by atoms with Crippen LogP contribution in [-0.4, -0.2) is 51.6 Å². The van der Waals surface area contributed by atoms with E-state index >= 15 is 0 Å². The maximum Gasteiger partial charge on any atom is 0.226 e. The third kappa shape index (κ3) is 4.32. The zero-order chi connectivity index (χ0) is 18.6. The number of carbonyl (C=O) groups is 1. The van der Waals surface area contributed by atoms with E-state index < -0.39 is 0 Å². The fourth-order valence-electron chi connectivity index (χ4n) is 3.42. The van der Waals surface area contributed by atoms with Gasteiger partial charge in [-0.2, -0.15) is 0 Å². The third-order valence-electron chi connectivity index (χ3n) is 4.79. The lowest BCUT2D eigenvalue weighted by molar-refractivity contribution is -0.119. The number of anilines is 1. The van der Waals surface area contributed by atoms with Crippen LogP contribution in [-0.2, 0) is 16.1 Å². The van der Waals surface area contributed by atoms with Crippen molar-refractivity contribution in [2.75, 3.05) is 25.1 Å². The number of morpholine rings is 1. The first-order valence-electron chi connectivity index (χ1n) is 9.15. The number of hydrogen-bond donors (Lipinski definition) is 2. The molecule has 7 heteroatoms. The summed E-state index contributed by atoms with van der Waals surface area (Å²) >= 11 is 0. The van der Waals surface area contributed by atoms with Gasteiger partial charge in [0.15, 0.2) is 0 Å². The largest absolute Gasteiger partial charge is 0.378 e. The topological polar surface area (TPSA) is 83.1 Å². The van der Waals surface area contributed by atoms with Gasteiger partial charge in [0.25, 0.3) is 0 Å². The number of fused-ring (bicyclic) bond motifs is 1. The van der Waals surface area contributed by atoms with Crippen molar-refractivity contribution < 1.29 is 9.53 Å². The number of aromatic amines is 1. The Kier molecular flexibility index (Phi) is 5.13. The predicted molar refractivity (Wildman–Crippen MR) is 103 cm³/mol. The normalized spacial score (nSPS) is 17.9. The number of carbonyl (C=O) groups excluding carboxylic acids is 1. The van der Waals surface area contributed by atoms with Crippen molar-refractivity contribution in [2.45, 2.75) is 25.9 Å². The lowest BCUT2D eigenvalue weighted by Crippen LogP contribution is -2.46. The number of nitrogens with zero attached hydrogens (tertiary/aromatic N) is 3. The summed E-state index contributed by atoms with van der Waals surface area (Å²) in [5.74, 6) is -0.0217. The third-order valence-corrected chi connectivity index (χ3v) is 4.79. The number of ether oxygens (including phenoxy) is 1. The molecule has 0 spiro atoms. The van der Waals surface area contributed by atoms with E-state index in [0.29, 0.717) is 19.6 Å². The highest BCUT2D eigenvalue weighted by Gasteiger charge is 2.26. The zero-order valence-electron chi connectivity index (χ0n) is 15.3. The number of H-pyrrole nitrogens is 1. The number of aromatic nitrogens is 3. The lowest BCUT2D eigenvalue weighted by Gasteiger charge is -2.35. The standard InChI is InChI=1S/C20H23N5O2/c1-14-3-2-4-16(23-14)11-25-7-8-27-12-17(25)10-20(26)24-15-5-6-18-19(9-15)22-13-21-18/h2-6,9,13,17H,7-8,10-12H2,1H3,(H,21,22)(H,24,26)/t17-/m0/s1. The molecule has 7 nitrogen and oxygen atoms in total. The molecule has 27 heavy (non-hydrogen) atoms. The van der Waals surface area contributed by atoms with Gasteiger partial charge in [0, 0.05) is 36.9 Å². The molecule has 1 fully saturated rings. The summed E-state index contributed by atoms with van der Waals surface area (Å²) in [6, 6.07) is 11.7. The van der Waals surface area contributed by atoms with Crippen molar-refractivity contribution >= 4 is 22.6 Å². The monoisotopic (exact) mass is 365 g/mol. The fourth-order valence-corrected chi connectivity index (χ4v) is 3.42. The first-order valence-corrected chi connectivity index (χ1v) is 9.15. The Labute approximate surface area is 157 Å². The molecule has 1 atom stereocenters. The summed E-state index contributed by atoms with van der Waals surface area (Å²) in [4.78, 5) is 26.7. The van der Waals surface area contributed by atoms with Crippen LogP contribution in [0.25, 0.3) is 11.0 Å². The van der Waals surface area contributed by atoms with Crippen LogP contribution in [0.2, 0.25) is 0 Å². The SMILES string of the molecule is Cc1cccc(CN2CCOC[C@@H]2CC(=O)Nc2ccc3nc[nH]c3c2)n1. The highest BCUT2D eigenvalue weighted by atomic mass is 16.5. The van der Waals surface area contributed by atoms with E-state index in [1.807, 2.05) is 43.3 Å². The summed E-state index contributed by atoms with van der Waals surface area (Å²) < 4.78 is 5.62. The van der Waals surface area contributed by atoms with E-state index in [2.05, 4.69) is 25.2 Å². The van der Waals surface area contributed by atoms with E-state index in [1.54, 1.807) is 6.33 Å². The van der Waals surface area contributed by atoms with E-state index in [9.17, 15) is 4.79 Å². The predicted octanol–water partition coefficient (Wildman–Crippen LogP) is 2.50. The first kappa shape index (κ1) is 17.6. The van der Waals surface area contributed by atoms with E-state index in [-0.39, 0.29) is 11.9 Å². The average molecular weight is 365 g/mol. The Bertz CT molecular complexity index is 939. The van der Waals surface area contributed by atoms with Gasteiger partial charge in [-0.15, -0.1) is 0 Å². The minimum atomic E-state index is -0.0217. The Balaban J connectivity index is 1.40. The number of hydrogen-bond acceptors (Lipinski definition) is 5. The van der Waals surface area contributed by atoms with Gasteiger partial charge in [-0.1, -0.05) is 6.07 Å². The molecule has 1 aromatic carbocycles. The van der Waals surface area contributed by atoms with Gasteiger partial charge >= 0.3 is 0 Å². The van der Waals surface area contributed by atoms with Crippen LogP contribution in [0.1, 0.15) is 17.8 Å². The smallest absolute Gasteiger partial charge is 0.226 e. The molecule has 0 aliphatic carbocycles. The van der Waals surface area contributed by atoms with Crippen molar-refractivity contribution in [3.63, 3.8) is 0 Å². The second-order valence-electron chi connectivity index (χ2n) is 6.86. The van der Waals surface area contributed by atoms with Gasteiger partial charge in [-0.05, 0) is 37.3 Å². The van der Waals surface area contributed by atoms with E-state index in [1.165, 1.54) is 0 Å². The molecule has 3 aromatic rings. The van der Waals surface area contributed by atoms with Gasteiger partial charge in [-0.25, -0.2) is 4.98 Å². The number of nitrogens with one attached hydrogen (secondary N) is 2. The van der Waals surface area contributed by atoms with Crippen LogP contribution in [0.4, 0.5) is 5.69 Å². The lowest BCUT2D eigenvalue weighted by atomic mass is 10.1. The number of amides is 1. The molecule has 1 amide bonds. The number of imidazole rings is 1. The molecule has 1 aliphatic rings. The first-order chi connectivity index (χ1) is 13.2. The highest BCUT2D eigenvalue weighted by molar-refractivity contribution is 5.93. The van der Waals surface area contributed by atoms with Crippen molar-refractivity contribution in [2.24, 2.45) is 0 Å². The number of pyridine rings is 1. The van der Waals surface area contributed by atoms with Crippen molar-refractivity contribution in [1.82, 2.24) is 19.9 Å². The summed E-state index contributed by atoms with van der Waals surface area (Å²) in [5, 5.41) is 2.98. The van der Waals surface area contributed by atoms with Crippen LogP contribution in [0.5, 0.6) is 0 Å². The van der Waals surface area contributed by atoms with Crippen LogP contribution in [0.15, 0.2) is 42.7 Å². The molecule has 140 valence electrons. The van der Waals surface area contributed by atoms with Crippen LogP contribution >= 0.6 is 0 Å². The average Bonchev–Trinajstić information content (AvgIpc) is 3.11. The van der Waals surface area contributed by atoms with Crippen molar-refractivity contribution in [3.05, 3.63) is 54.1 Å². The Hall–Kier alpha value is -2.77. The van der Waals surface area contributed by atoms with Gasteiger partial charge in [-0.3, -0.25) is 14.7 Å². The maximum atomic E-state index is 12.6. The molecule has 1 saturated heterocycles. The minimum absolute atomic E-state index is 0.0217. The van der Waals surface area contributed by atoms with Gasteiger partial charge < -0.3 is 15.0 Å². The Morgan fingerprint density at radius 2 is 2.30 bits per heavy atom. The fraction of sp³-hybridized carbons (Fsp3) is 0.350. The van der Waals surface area contributed by atoms with Gasteiger partial charge in [0.1, 0.15) is 0 Å². The molecule has 0 unspecified atom stereocenters. The number of aryl methyl sites for hydroxylation is 1. The molecule has 0 saturated carbocycles. The molecular formula is C20H23N5O2. The second kappa shape index (κ2) is 7.85. The summed E-state index contributed by atoms with van der Waals surface area (Å²) in [7, 11) is 0. The minimum Gasteiger partial charge on any atom is -0.378 e. The van der Waals surface area contributed by atoms with Crippen LogP contribution in [0, 0.1) is 6.92 Å². The molecule has 3 heterocycles.